The number of fused-ring (bicyclic) bond motifs is 2. The van der Waals surface area contributed by atoms with E-state index in [2.05, 4.69) is 30.2 Å². The van der Waals surface area contributed by atoms with Gasteiger partial charge in [0.25, 0.3) is 5.56 Å². The third-order valence-corrected chi connectivity index (χ3v) is 5.51. The third kappa shape index (κ3) is 3.64. The standard InChI is InChI=1S/C22H18ClFN8O/c1-2-14(28-19-17-18(27-10-26-17)30-22(25)31-19)20-29-15-8-4-7-13(24)16(15)21(33)32(20)12-6-3-5-11(23)9-12/h3-10,14H,2H2,1H3,(H4,25,26,27,28,30,31). The second-order valence-electron chi connectivity index (χ2n) is 7.36. The molecule has 0 amide bonds. The van der Waals surface area contributed by atoms with Crippen molar-refractivity contribution < 1.29 is 4.39 Å². The molecule has 5 rings (SSSR count). The summed E-state index contributed by atoms with van der Waals surface area (Å²) in [7, 11) is 0. The zero-order chi connectivity index (χ0) is 23.1. The molecule has 0 radical (unpaired) electrons. The Morgan fingerprint density at radius 1 is 1.21 bits per heavy atom. The monoisotopic (exact) mass is 464 g/mol. The van der Waals surface area contributed by atoms with Crippen molar-refractivity contribution in [3.63, 3.8) is 0 Å². The first-order chi connectivity index (χ1) is 16.0. The van der Waals surface area contributed by atoms with Gasteiger partial charge in [0.2, 0.25) is 5.95 Å². The van der Waals surface area contributed by atoms with Crippen LogP contribution in [0.25, 0.3) is 27.8 Å². The van der Waals surface area contributed by atoms with E-state index in [1.165, 1.54) is 23.0 Å². The highest BCUT2D eigenvalue weighted by Gasteiger charge is 2.23. The topological polar surface area (TPSA) is 127 Å². The number of anilines is 2. The zero-order valence-electron chi connectivity index (χ0n) is 17.4. The maximum Gasteiger partial charge on any atom is 0.269 e. The van der Waals surface area contributed by atoms with E-state index >= 15 is 0 Å². The second kappa shape index (κ2) is 8.14. The Bertz CT molecular complexity index is 1560. The van der Waals surface area contributed by atoms with Crippen LogP contribution in [0.2, 0.25) is 5.02 Å². The van der Waals surface area contributed by atoms with Crippen molar-refractivity contribution in [1.29, 1.82) is 0 Å². The van der Waals surface area contributed by atoms with Gasteiger partial charge in [0.1, 0.15) is 22.5 Å². The van der Waals surface area contributed by atoms with Crippen LogP contribution < -0.4 is 16.6 Å². The molecule has 33 heavy (non-hydrogen) atoms. The van der Waals surface area contributed by atoms with Gasteiger partial charge in [-0.05, 0) is 36.8 Å². The van der Waals surface area contributed by atoms with Crippen LogP contribution in [0.1, 0.15) is 25.2 Å². The van der Waals surface area contributed by atoms with Crippen molar-refractivity contribution in [1.82, 2.24) is 29.5 Å². The SMILES string of the molecule is CCC(Nc1nc(N)nc2nc[nH]c12)c1nc2cccc(F)c2c(=O)n1-c1cccc(Cl)c1. The van der Waals surface area contributed by atoms with Crippen molar-refractivity contribution in [2.45, 2.75) is 19.4 Å². The minimum absolute atomic E-state index is 0.0488. The lowest BCUT2D eigenvalue weighted by atomic mass is 10.1. The molecule has 0 bridgehead atoms. The molecule has 11 heteroatoms. The lowest BCUT2D eigenvalue weighted by Gasteiger charge is -2.22. The lowest BCUT2D eigenvalue weighted by molar-refractivity contribution is 0.630. The van der Waals surface area contributed by atoms with Crippen LogP contribution in [0.5, 0.6) is 0 Å². The highest BCUT2D eigenvalue weighted by Crippen LogP contribution is 2.27. The molecule has 2 aromatic carbocycles. The van der Waals surface area contributed by atoms with Crippen LogP contribution in [-0.2, 0) is 0 Å². The summed E-state index contributed by atoms with van der Waals surface area (Å²) >= 11 is 6.20. The maximum atomic E-state index is 14.6. The first kappa shape index (κ1) is 20.8. The highest BCUT2D eigenvalue weighted by atomic mass is 35.5. The van der Waals surface area contributed by atoms with Crippen molar-refractivity contribution in [2.24, 2.45) is 0 Å². The van der Waals surface area contributed by atoms with Gasteiger partial charge in [-0.2, -0.15) is 9.97 Å². The molecule has 3 aromatic heterocycles. The predicted molar refractivity (Wildman–Crippen MR) is 125 cm³/mol. The number of halogens is 2. The zero-order valence-corrected chi connectivity index (χ0v) is 18.1. The minimum Gasteiger partial charge on any atom is -0.368 e. The Morgan fingerprint density at radius 2 is 2.03 bits per heavy atom. The number of imidazole rings is 1. The average molecular weight is 465 g/mol. The summed E-state index contributed by atoms with van der Waals surface area (Å²) in [6.07, 6.45) is 2.01. The molecule has 0 saturated heterocycles. The summed E-state index contributed by atoms with van der Waals surface area (Å²) in [5, 5.41) is 3.63. The number of benzene rings is 2. The second-order valence-corrected chi connectivity index (χ2v) is 7.80. The number of rotatable bonds is 5. The maximum absolute atomic E-state index is 14.6. The van der Waals surface area contributed by atoms with Crippen LogP contribution in [0, 0.1) is 5.82 Å². The number of nitrogens with zero attached hydrogens (tertiary/aromatic N) is 5. The summed E-state index contributed by atoms with van der Waals surface area (Å²) in [6, 6.07) is 10.6. The molecule has 4 N–H and O–H groups in total. The summed E-state index contributed by atoms with van der Waals surface area (Å²) in [5.74, 6) is 0.185. The van der Waals surface area contributed by atoms with Gasteiger partial charge in [-0.25, -0.2) is 14.4 Å². The van der Waals surface area contributed by atoms with Crippen molar-refractivity contribution in [2.75, 3.05) is 11.1 Å². The van der Waals surface area contributed by atoms with Gasteiger partial charge in [-0.3, -0.25) is 9.36 Å². The Morgan fingerprint density at radius 3 is 2.82 bits per heavy atom. The number of nitrogen functional groups attached to an aromatic ring is 1. The number of nitrogens with one attached hydrogen (secondary N) is 2. The smallest absolute Gasteiger partial charge is 0.269 e. The van der Waals surface area contributed by atoms with Crippen LogP contribution in [-0.4, -0.2) is 29.5 Å². The van der Waals surface area contributed by atoms with Gasteiger partial charge in [0.05, 0.1) is 23.6 Å². The number of aromatic amines is 1. The quantitative estimate of drug-likeness (QED) is 0.359. The molecule has 0 saturated carbocycles. The Balaban J connectivity index is 1.75. The lowest BCUT2D eigenvalue weighted by Crippen LogP contribution is -2.29. The van der Waals surface area contributed by atoms with Gasteiger partial charge in [-0.1, -0.05) is 30.7 Å². The van der Waals surface area contributed by atoms with Crippen molar-refractivity contribution in [3.05, 3.63) is 75.8 Å². The first-order valence-electron chi connectivity index (χ1n) is 10.2. The van der Waals surface area contributed by atoms with E-state index in [1.54, 1.807) is 30.3 Å². The van der Waals surface area contributed by atoms with E-state index in [1.807, 2.05) is 6.92 Å². The van der Waals surface area contributed by atoms with E-state index in [0.29, 0.717) is 39.9 Å². The molecule has 0 aliphatic heterocycles. The minimum atomic E-state index is -0.643. The molecule has 166 valence electrons. The van der Waals surface area contributed by atoms with Crippen LogP contribution in [0.15, 0.2) is 53.6 Å². The van der Waals surface area contributed by atoms with Gasteiger partial charge < -0.3 is 16.0 Å². The van der Waals surface area contributed by atoms with E-state index in [-0.39, 0.29) is 16.9 Å². The molecule has 3 heterocycles. The van der Waals surface area contributed by atoms with E-state index < -0.39 is 17.4 Å². The summed E-state index contributed by atoms with van der Waals surface area (Å²) in [5.41, 5.74) is 7.00. The highest BCUT2D eigenvalue weighted by molar-refractivity contribution is 6.30. The third-order valence-electron chi connectivity index (χ3n) is 5.27. The Labute approximate surface area is 191 Å². The molecule has 9 nitrogen and oxygen atoms in total. The van der Waals surface area contributed by atoms with E-state index in [0.717, 1.165) is 0 Å². The Kier molecular flexibility index (Phi) is 5.14. The summed E-state index contributed by atoms with van der Waals surface area (Å²) < 4.78 is 16.0. The van der Waals surface area contributed by atoms with Gasteiger partial charge in [0.15, 0.2) is 11.5 Å². The number of nitrogens with two attached hydrogens (primary N) is 1. The summed E-state index contributed by atoms with van der Waals surface area (Å²) in [6.45, 7) is 1.93. The fourth-order valence-electron chi connectivity index (χ4n) is 3.77. The van der Waals surface area contributed by atoms with Crippen molar-refractivity contribution in [3.8, 4) is 5.69 Å². The number of aromatic nitrogens is 6. The molecule has 0 aliphatic carbocycles. The molecule has 0 aliphatic rings. The van der Waals surface area contributed by atoms with Crippen LogP contribution >= 0.6 is 11.6 Å². The average Bonchev–Trinajstić information content (AvgIpc) is 3.25. The van der Waals surface area contributed by atoms with E-state index in [4.69, 9.17) is 17.3 Å². The Hall–Kier alpha value is -4.05. The molecule has 5 aromatic rings. The number of hydrogen-bond donors (Lipinski definition) is 3. The van der Waals surface area contributed by atoms with Crippen LogP contribution in [0.4, 0.5) is 16.2 Å². The molecular weight excluding hydrogens is 447 g/mol. The van der Waals surface area contributed by atoms with Gasteiger partial charge in [-0.15, -0.1) is 0 Å². The largest absolute Gasteiger partial charge is 0.368 e. The number of H-pyrrole nitrogens is 1. The van der Waals surface area contributed by atoms with E-state index in [9.17, 15) is 9.18 Å². The summed E-state index contributed by atoms with van der Waals surface area (Å²) in [4.78, 5) is 33.7. The molecule has 1 unspecified atom stereocenters. The van der Waals surface area contributed by atoms with Crippen LogP contribution in [0.3, 0.4) is 0 Å². The fraction of sp³-hybridized carbons (Fsp3) is 0.136. The normalized spacial score (nSPS) is 12.3. The van der Waals surface area contributed by atoms with Crippen molar-refractivity contribution >= 4 is 45.4 Å². The first-order valence-corrected chi connectivity index (χ1v) is 10.5. The predicted octanol–water partition coefficient (Wildman–Crippen LogP) is 3.99. The molecule has 0 fully saturated rings. The number of hydrogen-bond acceptors (Lipinski definition) is 7. The molecule has 0 spiro atoms. The van der Waals surface area contributed by atoms with Gasteiger partial charge >= 0.3 is 0 Å². The van der Waals surface area contributed by atoms with Gasteiger partial charge in [0, 0.05) is 5.02 Å². The molecular formula is C22H18ClFN8O. The molecule has 1 atom stereocenters. The fourth-order valence-corrected chi connectivity index (χ4v) is 3.96.